The maximum Gasteiger partial charge on any atom is 0.317 e. The van der Waals surface area contributed by atoms with Crippen LogP contribution in [-0.4, -0.2) is 131 Å². The highest BCUT2D eigenvalue weighted by molar-refractivity contribution is 6.23. The van der Waals surface area contributed by atoms with Crippen molar-refractivity contribution in [3.05, 3.63) is 94.9 Å². The van der Waals surface area contributed by atoms with Crippen LogP contribution in [0.2, 0.25) is 0 Å². The Morgan fingerprint density at radius 1 is 0.905 bits per heavy atom. The van der Waals surface area contributed by atoms with Gasteiger partial charge in [-0.1, -0.05) is 12.1 Å². The highest BCUT2D eigenvalue weighted by Gasteiger charge is 2.46. The van der Waals surface area contributed by atoms with Crippen LogP contribution in [0.5, 0.6) is 0 Å². The Bertz CT molecular complexity index is 2450. The Morgan fingerprint density at radius 2 is 1.63 bits per heavy atom. The molecule has 9 rings (SSSR count). The summed E-state index contributed by atoms with van der Waals surface area (Å²) in [4.78, 5) is 81.5. The van der Waals surface area contributed by atoms with Crippen molar-refractivity contribution in [2.24, 2.45) is 5.92 Å². The van der Waals surface area contributed by atoms with Crippen LogP contribution in [0.1, 0.15) is 58.5 Å². The number of carbonyl (C=O) groups is 5. The van der Waals surface area contributed by atoms with Gasteiger partial charge in [0.2, 0.25) is 17.8 Å². The van der Waals surface area contributed by atoms with Crippen LogP contribution in [0, 0.1) is 18.7 Å². The summed E-state index contributed by atoms with van der Waals surface area (Å²) in [6.07, 6.45) is 2.06. The average molecular weight is 859 g/mol. The molecule has 328 valence electrons. The standard InChI is InChI=1S/C46H51FN10O6/c1-27(2)63-34-25-56(26-34)46(62)49-21-31-5-4-30(18-28(31)3)38-12-13-48-45(51-38)50-32-6-8-33(9-7-32)54-16-14-53(15-17-54)22-29-23-55(24-29)40-20-36-35(19-37(40)47)43(60)57(44(36)61)39-10-11-41(58)52-42(39)59/h4-9,12-13,18-20,27,29,34,39H,10-11,14-17,21-26H2,1-3H3,(H,49,62)(H,48,50,51)(H,52,58,59). The summed E-state index contributed by atoms with van der Waals surface area (Å²) >= 11 is 0. The molecule has 5 aliphatic heterocycles. The van der Waals surface area contributed by atoms with Gasteiger partial charge in [0.25, 0.3) is 11.8 Å². The lowest BCUT2D eigenvalue weighted by molar-refractivity contribution is -0.136. The van der Waals surface area contributed by atoms with E-state index in [1.807, 2.05) is 56.0 Å². The lowest BCUT2D eigenvalue weighted by Crippen LogP contribution is -2.58. The molecule has 63 heavy (non-hydrogen) atoms. The van der Waals surface area contributed by atoms with Gasteiger partial charge in [-0.05, 0) is 86.8 Å². The number of rotatable bonds is 12. The summed E-state index contributed by atoms with van der Waals surface area (Å²) in [5.41, 5.74) is 6.13. The quantitative estimate of drug-likeness (QED) is 0.173. The SMILES string of the molecule is Cc1cc(-c2ccnc(Nc3ccc(N4CCN(CC5CN(c6cc7c(cc6F)C(=O)N(C6CCC(=O)NC6=O)C7=O)C5)CC4)cc3)n2)ccc1CNC(=O)N1CC(OC(C)C)C1. The van der Waals surface area contributed by atoms with E-state index in [4.69, 9.17) is 9.72 Å². The molecule has 6 amide bonds. The van der Waals surface area contributed by atoms with Crippen molar-refractivity contribution < 1.29 is 33.1 Å². The Balaban J connectivity index is 0.723. The van der Waals surface area contributed by atoms with Crippen LogP contribution in [-0.2, 0) is 20.9 Å². The molecular weight excluding hydrogens is 808 g/mol. The number of piperazine rings is 1. The Kier molecular flexibility index (Phi) is 11.5. The fraction of sp³-hybridized carbons (Fsp3) is 0.413. The zero-order valence-electron chi connectivity index (χ0n) is 35.6. The van der Waals surface area contributed by atoms with Crippen molar-refractivity contribution in [1.82, 2.24) is 35.3 Å². The minimum Gasteiger partial charge on any atom is -0.372 e. The van der Waals surface area contributed by atoms with Gasteiger partial charge in [0.05, 0.1) is 47.8 Å². The molecule has 1 unspecified atom stereocenters. The number of likely N-dealkylation sites (tertiary alicyclic amines) is 1. The summed E-state index contributed by atoms with van der Waals surface area (Å²) in [5.74, 6) is -2.28. The number of piperidine rings is 1. The molecule has 17 heteroatoms. The second-order valence-electron chi connectivity index (χ2n) is 17.3. The number of ether oxygens (including phenoxy) is 1. The van der Waals surface area contributed by atoms with Crippen LogP contribution in [0.15, 0.2) is 66.9 Å². The van der Waals surface area contributed by atoms with Gasteiger partial charge >= 0.3 is 6.03 Å². The highest BCUT2D eigenvalue weighted by Crippen LogP contribution is 2.35. The van der Waals surface area contributed by atoms with E-state index in [0.717, 1.165) is 77.4 Å². The van der Waals surface area contributed by atoms with Crippen LogP contribution in [0.4, 0.5) is 32.2 Å². The second-order valence-corrected chi connectivity index (χ2v) is 17.3. The number of aromatic nitrogens is 2. The number of amides is 6. The molecule has 3 N–H and O–H groups in total. The number of hydrogen-bond donors (Lipinski definition) is 3. The molecular formula is C46H51FN10O6. The number of hydrogen-bond acceptors (Lipinski definition) is 12. The van der Waals surface area contributed by atoms with E-state index >= 15 is 4.39 Å². The van der Waals surface area contributed by atoms with Crippen molar-refractivity contribution in [2.75, 3.05) is 74.0 Å². The van der Waals surface area contributed by atoms with Gasteiger partial charge in [-0.2, -0.15) is 0 Å². The van der Waals surface area contributed by atoms with Crippen molar-refractivity contribution in [3.63, 3.8) is 0 Å². The van der Waals surface area contributed by atoms with Crippen LogP contribution >= 0.6 is 0 Å². The number of benzene rings is 3. The van der Waals surface area contributed by atoms with Gasteiger partial charge in [0.15, 0.2) is 0 Å². The number of fused-ring (bicyclic) bond motifs is 1. The van der Waals surface area contributed by atoms with Crippen LogP contribution in [0.3, 0.4) is 0 Å². The number of carbonyl (C=O) groups excluding carboxylic acids is 5. The molecule has 1 aromatic heterocycles. The maximum absolute atomic E-state index is 15.3. The lowest BCUT2D eigenvalue weighted by atomic mass is 9.96. The van der Waals surface area contributed by atoms with E-state index in [1.165, 1.54) is 6.07 Å². The van der Waals surface area contributed by atoms with E-state index in [1.54, 1.807) is 11.1 Å². The number of halogens is 1. The number of urea groups is 1. The fourth-order valence-corrected chi connectivity index (χ4v) is 9.03. The third kappa shape index (κ3) is 8.80. The summed E-state index contributed by atoms with van der Waals surface area (Å²) in [6, 6.07) is 17.6. The van der Waals surface area contributed by atoms with E-state index in [-0.39, 0.29) is 47.9 Å². The first-order valence-corrected chi connectivity index (χ1v) is 21.6. The summed E-state index contributed by atoms with van der Waals surface area (Å²) in [7, 11) is 0. The molecule has 3 aromatic carbocycles. The van der Waals surface area contributed by atoms with E-state index in [2.05, 4.69) is 48.9 Å². The van der Waals surface area contributed by atoms with Crippen LogP contribution in [0.25, 0.3) is 11.3 Å². The number of anilines is 4. The predicted molar refractivity (Wildman–Crippen MR) is 233 cm³/mol. The molecule has 6 heterocycles. The molecule has 0 aliphatic carbocycles. The lowest BCUT2D eigenvalue weighted by Gasteiger charge is -2.45. The first-order chi connectivity index (χ1) is 30.4. The molecule has 5 aliphatic rings. The van der Waals surface area contributed by atoms with Crippen molar-refractivity contribution >= 4 is 52.7 Å². The molecule has 0 spiro atoms. The molecule has 0 bridgehead atoms. The third-order valence-electron chi connectivity index (χ3n) is 12.5. The zero-order chi connectivity index (χ0) is 43.9. The molecule has 4 aromatic rings. The van der Waals surface area contributed by atoms with E-state index in [0.29, 0.717) is 44.6 Å². The third-order valence-corrected chi connectivity index (χ3v) is 12.5. The molecule has 4 fully saturated rings. The number of imide groups is 2. The molecule has 16 nitrogen and oxygen atoms in total. The first kappa shape index (κ1) is 41.9. The minimum atomic E-state index is -1.10. The van der Waals surface area contributed by atoms with Gasteiger partial charge in [-0.15, -0.1) is 0 Å². The van der Waals surface area contributed by atoms with Gasteiger partial charge in [-0.3, -0.25) is 34.3 Å². The number of nitrogens with zero attached hydrogens (tertiary/aromatic N) is 7. The fourth-order valence-electron chi connectivity index (χ4n) is 9.03. The Morgan fingerprint density at radius 3 is 2.33 bits per heavy atom. The Hall–Kier alpha value is -6.46. The first-order valence-electron chi connectivity index (χ1n) is 21.6. The summed E-state index contributed by atoms with van der Waals surface area (Å²) in [5, 5.41) is 8.54. The van der Waals surface area contributed by atoms with Crippen molar-refractivity contribution in [2.45, 2.75) is 58.4 Å². The normalized spacial score (nSPS) is 19.6. The molecule has 0 radical (unpaired) electrons. The van der Waals surface area contributed by atoms with Gasteiger partial charge < -0.3 is 30.1 Å². The van der Waals surface area contributed by atoms with Crippen LogP contribution < -0.4 is 25.8 Å². The summed E-state index contributed by atoms with van der Waals surface area (Å²) in [6.45, 7) is 13.3. The smallest absolute Gasteiger partial charge is 0.317 e. The number of aryl methyl sites for hydroxylation is 1. The molecule has 4 saturated heterocycles. The Labute approximate surface area is 364 Å². The van der Waals surface area contributed by atoms with Crippen molar-refractivity contribution in [3.8, 4) is 11.3 Å². The second kappa shape index (κ2) is 17.4. The van der Waals surface area contributed by atoms with E-state index in [9.17, 15) is 24.0 Å². The maximum atomic E-state index is 15.3. The van der Waals surface area contributed by atoms with Gasteiger partial charge in [0, 0.05) is 87.8 Å². The van der Waals surface area contributed by atoms with Gasteiger partial charge in [0.1, 0.15) is 11.9 Å². The largest absolute Gasteiger partial charge is 0.372 e. The van der Waals surface area contributed by atoms with Crippen molar-refractivity contribution in [1.29, 1.82) is 0 Å². The predicted octanol–water partition coefficient (Wildman–Crippen LogP) is 4.31. The van der Waals surface area contributed by atoms with E-state index < -0.39 is 35.5 Å². The molecule has 1 atom stereocenters. The highest BCUT2D eigenvalue weighted by atomic mass is 19.1. The van der Waals surface area contributed by atoms with Gasteiger partial charge in [-0.25, -0.2) is 19.2 Å². The minimum absolute atomic E-state index is 0.0194. The average Bonchev–Trinajstić information content (AvgIpc) is 3.47. The number of nitrogens with one attached hydrogen (secondary N) is 3. The molecule has 0 saturated carbocycles. The zero-order valence-corrected chi connectivity index (χ0v) is 35.6. The monoisotopic (exact) mass is 858 g/mol. The summed E-state index contributed by atoms with van der Waals surface area (Å²) < 4.78 is 21.1. The topological polar surface area (TPSA) is 173 Å².